The van der Waals surface area contributed by atoms with Gasteiger partial charge in [0, 0.05) is 42.9 Å². The van der Waals surface area contributed by atoms with Crippen LogP contribution in [0.5, 0.6) is 5.75 Å². The van der Waals surface area contributed by atoms with Crippen LogP contribution in [-0.4, -0.2) is 61.2 Å². The second-order valence-corrected chi connectivity index (χ2v) is 6.77. The molecule has 0 spiro atoms. The van der Waals surface area contributed by atoms with E-state index >= 15 is 0 Å². The van der Waals surface area contributed by atoms with E-state index in [0.29, 0.717) is 11.6 Å². The molecule has 0 aromatic heterocycles. The Labute approximate surface area is 152 Å². The predicted molar refractivity (Wildman–Crippen MR) is 95.6 cm³/mol. The maximum atomic E-state index is 12.5. The van der Waals surface area contributed by atoms with Crippen LogP contribution in [0, 0.1) is 10.1 Å². The molecular formula is C18H25N3O5. The van der Waals surface area contributed by atoms with Crippen molar-refractivity contribution in [2.24, 2.45) is 0 Å². The quantitative estimate of drug-likeness (QED) is 0.635. The number of hydrogen-bond acceptors (Lipinski definition) is 6. The monoisotopic (exact) mass is 363 g/mol. The van der Waals surface area contributed by atoms with E-state index in [9.17, 15) is 14.9 Å². The number of nitro benzene ring substituents is 1. The summed E-state index contributed by atoms with van der Waals surface area (Å²) in [7, 11) is 1.36. The van der Waals surface area contributed by atoms with E-state index in [-0.39, 0.29) is 23.4 Å². The number of ether oxygens (including phenoxy) is 2. The number of rotatable bonds is 5. The first-order chi connectivity index (χ1) is 12.6. The summed E-state index contributed by atoms with van der Waals surface area (Å²) >= 11 is 0. The van der Waals surface area contributed by atoms with Gasteiger partial charge in [-0.05, 0) is 31.7 Å². The fourth-order valence-corrected chi connectivity index (χ4v) is 3.77. The van der Waals surface area contributed by atoms with Crippen molar-refractivity contribution in [1.29, 1.82) is 0 Å². The molecule has 3 rings (SSSR count). The number of amides is 1. The summed E-state index contributed by atoms with van der Waals surface area (Å²) in [5.74, 6) is -0.119. The fraction of sp³-hybridized carbons (Fsp3) is 0.611. The molecule has 8 heteroatoms. The lowest BCUT2D eigenvalue weighted by Crippen LogP contribution is -2.47. The van der Waals surface area contributed by atoms with Crippen molar-refractivity contribution < 1.29 is 19.2 Å². The summed E-state index contributed by atoms with van der Waals surface area (Å²) in [5, 5.41) is 14.0. The van der Waals surface area contributed by atoms with Crippen LogP contribution >= 0.6 is 0 Å². The third kappa shape index (κ3) is 4.31. The number of methoxy groups -OCH3 is 1. The topological polar surface area (TPSA) is 93.9 Å². The van der Waals surface area contributed by atoms with Gasteiger partial charge in [-0.1, -0.05) is 0 Å². The van der Waals surface area contributed by atoms with Gasteiger partial charge < -0.3 is 14.8 Å². The van der Waals surface area contributed by atoms with Gasteiger partial charge in [0.25, 0.3) is 5.91 Å². The van der Waals surface area contributed by atoms with Crippen LogP contribution in [0.3, 0.4) is 0 Å². The summed E-state index contributed by atoms with van der Waals surface area (Å²) in [4.78, 5) is 25.4. The summed E-state index contributed by atoms with van der Waals surface area (Å²) in [6.45, 7) is 3.59. The molecule has 1 amide bonds. The Kier molecular flexibility index (Phi) is 6.05. The highest BCUT2D eigenvalue weighted by atomic mass is 16.6. The average Bonchev–Trinajstić information content (AvgIpc) is 2.68. The lowest BCUT2D eigenvalue weighted by Gasteiger charge is -2.38. The molecule has 0 radical (unpaired) electrons. The van der Waals surface area contributed by atoms with Crippen molar-refractivity contribution >= 4 is 11.6 Å². The predicted octanol–water partition coefficient (Wildman–Crippen LogP) is 1.98. The minimum Gasteiger partial charge on any atom is -0.490 e. The van der Waals surface area contributed by atoms with Crippen LogP contribution in [0.4, 0.5) is 5.69 Å². The molecule has 1 aromatic carbocycles. The van der Waals surface area contributed by atoms with Crippen LogP contribution in [0.2, 0.25) is 0 Å². The molecule has 1 saturated heterocycles. The molecule has 1 aliphatic carbocycles. The molecule has 1 aliphatic heterocycles. The van der Waals surface area contributed by atoms with Crippen LogP contribution in [-0.2, 0) is 4.74 Å². The molecule has 1 aromatic rings. The van der Waals surface area contributed by atoms with Crippen molar-refractivity contribution in [2.45, 2.75) is 37.8 Å². The highest BCUT2D eigenvalue weighted by Crippen LogP contribution is 2.28. The summed E-state index contributed by atoms with van der Waals surface area (Å²) in [5.41, 5.74) is 0.234. The molecule has 142 valence electrons. The molecule has 26 heavy (non-hydrogen) atoms. The number of hydrogen-bond donors (Lipinski definition) is 1. The van der Waals surface area contributed by atoms with E-state index in [1.807, 2.05) is 0 Å². The van der Waals surface area contributed by atoms with E-state index in [4.69, 9.17) is 9.47 Å². The van der Waals surface area contributed by atoms with Gasteiger partial charge in [-0.15, -0.1) is 0 Å². The Balaban J connectivity index is 1.55. The van der Waals surface area contributed by atoms with Crippen LogP contribution in [0.25, 0.3) is 0 Å². The summed E-state index contributed by atoms with van der Waals surface area (Å²) in [6, 6.07) is 4.91. The minimum atomic E-state index is -0.520. The second kappa shape index (κ2) is 8.46. The number of carbonyl (C=O) groups excluding carboxylic acids is 1. The number of morpholine rings is 1. The SMILES string of the molecule is COc1cc(C(=O)NC2CCC(N3CCOCC3)CC2)ccc1[N+](=O)[O-]. The van der Waals surface area contributed by atoms with Gasteiger partial charge in [-0.25, -0.2) is 0 Å². The molecule has 0 unspecified atom stereocenters. The number of nitrogens with zero attached hydrogens (tertiary/aromatic N) is 2. The molecular weight excluding hydrogens is 338 g/mol. The maximum absolute atomic E-state index is 12.5. The molecule has 0 bridgehead atoms. The number of carbonyl (C=O) groups is 1. The second-order valence-electron chi connectivity index (χ2n) is 6.77. The highest BCUT2D eigenvalue weighted by molar-refractivity contribution is 5.95. The zero-order chi connectivity index (χ0) is 18.5. The third-order valence-electron chi connectivity index (χ3n) is 5.23. The van der Waals surface area contributed by atoms with Crippen molar-refractivity contribution in [1.82, 2.24) is 10.2 Å². The Bertz CT molecular complexity index is 652. The van der Waals surface area contributed by atoms with Gasteiger partial charge in [0.1, 0.15) is 0 Å². The van der Waals surface area contributed by atoms with Gasteiger partial charge in [0.15, 0.2) is 5.75 Å². The molecule has 2 fully saturated rings. The van der Waals surface area contributed by atoms with Crippen molar-refractivity contribution in [2.75, 3.05) is 33.4 Å². The third-order valence-corrected chi connectivity index (χ3v) is 5.23. The Hall–Kier alpha value is -2.19. The van der Waals surface area contributed by atoms with Crippen molar-refractivity contribution in [3.8, 4) is 5.75 Å². The Morgan fingerprint density at radius 1 is 1.27 bits per heavy atom. The molecule has 0 atom stereocenters. The first kappa shape index (κ1) is 18.6. The van der Waals surface area contributed by atoms with Gasteiger partial charge in [0.05, 0.1) is 25.2 Å². The highest BCUT2D eigenvalue weighted by Gasteiger charge is 2.28. The molecule has 1 saturated carbocycles. The summed E-state index contributed by atoms with van der Waals surface area (Å²) in [6.07, 6.45) is 4.01. The number of nitro groups is 1. The average molecular weight is 363 g/mol. The maximum Gasteiger partial charge on any atom is 0.310 e. The number of benzene rings is 1. The largest absolute Gasteiger partial charge is 0.490 e. The van der Waals surface area contributed by atoms with Crippen LogP contribution in [0.15, 0.2) is 18.2 Å². The lowest BCUT2D eigenvalue weighted by molar-refractivity contribution is -0.385. The van der Waals surface area contributed by atoms with Crippen molar-refractivity contribution in [3.05, 3.63) is 33.9 Å². The Morgan fingerprint density at radius 2 is 1.96 bits per heavy atom. The molecule has 1 N–H and O–H groups in total. The van der Waals surface area contributed by atoms with Gasteiger partial charge >= 0.3 is 5.69 Å². The fourth-order valence-electron chi connectivity index (χ4n) is 3.77. The lowest BCUT2D eigenvalue weighted by atomic mass is 9.89. The van der Waals surface area contributed by atoms with Gasteiger partial charge in [0.2, 0.25) is 0 Å². The van der Waals surface area contributed by atoms with E-state index in [1.54, 1.807) is 0 Å². The van der Waals surface area contributed by atoms with Gasteiger partial charge in [-0.2, -0.15) is 0 Å². The van der Waals surface area contributed by atoms with Gasteiger partial charge in [-0.3, -0.25) is 19.8 Å². The normalized spacial score (nSPS) is 24.0. The standard InChI is InChI=1S/C18H25N3O5/c1-25-17-12-13(2-7-16(17)21(23)24)18(22)19-14-3-5-15(6-4-14)20-8-10-26-11-9-20/h2,7,12,14-15H,3-6,8-11H2,1H3,(H,19,22). The number of nitrogens with one attached hydrogen (secondary N) is 1. The van der Waals surface area contributed by atoms with E-state index in [2.05, 4.69) is 10.2 Å². The minimum absolute atomic E-state index is 0.0960. The zero-order valence-corrected chi connectivity index (χ0v) is 15.0. The Morgan fingerprint density at radius 3 is 2.58 bits per heavy atom. The molecule has 1 heterocycles. The first-order valence-electron chi connectivity index (χ1n) is 9.03. The zero-order valence-electron chi connectivity index (χ0n) is 15.0. The first-order valence-corrected chi connectivity index (χ1v) is 9.03. The molecule has 2 aliphatic rings. The van der Waals surface area contributed by atoms with E-state index in [0.717, 1.165) is 52.0 Å². The van der Waals surface area contributed by atoms with E-state index < -0.39 is 4.92 Å². The van der Waals surface area contributed by atoms with Crippen LogP contribution < -0.4 is 10.1 Å². The van der Waals surface area contributed by atoms with Crippen molar-refractivity contribution in [3.63, 3.8) is 0 Å². The smallest absolute Gasteiger partial charge is 0.310 e. The van der Waals surface area contributed by atoms with E-state index in [1.165, 1.54) is 25.3 Å². The molecule has 8 nitrogen and oxygen atoms in total. The van der Waals surface area contributed by atoms with Crippen LogP contribution in [0.1, 0.15) is 36.0 Å². The summed E-state index contributed by atoms with van der Waals surface area (Å²) < 4.78 is 10.4.